The molecule has 1 aliphatic rings. The minimum Gasteiger partial charge on any atom is -0.497 e. The first kappa shape index (κ1) is 24.0. The molecule has 0 radical (unpaired) electrons. The Kier molecular flexibility index (Phi) is 7.86. The summed E-state index contributed by atoms with van der Waals surface area (Å²) in [6.07, 6.45) is 4.60. The number of rotatable bonds is 8. The van der Waals surface area contributed by atoms with Crippen molar-refractivity contribution in [2.24, 2.45) is 0 Å². The summed E-state index contributed by atoms with van der Waals surface area (Å²) in [4.78, 5) is 25.3. The molecule has 0 bridgehead atoms. The first-order valence-corrected chi connectivity index (χ1v) is 12.7. The summed E-state index contributed by atoms with van der Waals surface area (Å²) in [6.45, 7) is 5.72. The van der Waals surface area contributed by atoms with Crippen LogP contribution >= 0.6 is 21.2 Å². The Labute approximate surface area is 200 Å². The van der Waals surface area contributed by atoms with Gasteiger partial charge in [0.1, 0.15) is 17.1 Å². The standard InChI is InChI=1S/C23H30N5O3PS/c1-30-18-11-16(12-19(14-18)31-2)20-13-17-15-24-23(33-3)25-21(17)28(22(20)29)6-4-5-26-7-9-27(32)10-8-26/h11-15H,4-10,32H2,1-3H3. The van der Waals surface area contributed by atoms with Crippen molar-refractivity contribution in [3.05, 3.63) is 40.8 Å². The molecule has 0 amide bonds. The number of ether oxygens (including phenoxy) is 2. The van der Waals surface area contributed by atoms with E-state index in [4.69, 9.17) is 9.47 Å². The van der Waals surface area contributed by atoms with E-state index >= 15 is 0 Å². The Bertz CT molecular complexity index is 1160. The highest BCUT2D eigenvalue weighted by atomic mass is 32.2. The van der Waals surface area contributed by atoms with E-state index in [0.29, 0.717) is 34.4 Å². The lowest BCUT2D eigenvalue weighted by atomic mass is 10.0. The minimum absolute atomic E-state index is 0.0710. The molecular formula is C23H30N5O3PS. The highest BCUT2D eigenvalue weighted by Gasteiger charge is 2.17. The van der Waals surface area contributed by atoms with Gasteiger partial charge in [-0.2, -0.15) is 0 Å². The number of pyridine rings is 1. The van der Waals surface area contributed by atoms with Gasteiger partial charge in [-0.25, -0.2) is 9.97 Å². The molecule has 0 aliphatic carbocycles. The molecule has 4 rings (SSSR count). The summed E-state index contributed by atoms with van der Waals surface area (Å²) in [5.41, 5.74) is 1.93. The fraction of sp³-hybridized carbons (Fsp3) is 0.435. The summed E-state index contributed by atoms with van der Waals surface area (Å²) in [5, 5.41) is 1.49. The van der Waals surface area contributed by atoms with Gasteiger partial charge in [-0.1, -0.05) is 21.2 Å². The van der Waals surface area contributed by atoms with E-state index in [1.54, 1.807) is 31.0 Å². The largest absolute Gasteiger partial charge is 0.497 e. The van der Waals surface area contributed by atoms with E-state index in [0.717, 1.165) is 50.1 Å². The van der Waals surface area contributed by atoms with Crippen LogP contribution in [0.3, 0.4) is 0 Å². The quantitative estimate of drug-likeness (QED) is 0.273. The zero-order valence-corrected chi connectivity index (χ0v) is 21.3. The van der Waals surface area contributed by atoms with Gasteiger partial charge in [-0.3, -0.25) is 14.0 Å². The van der Waals surface area contributed by atoms with Crippen LogP contribution in [0, 0.1) is 0 Å². The monoisotopic (exact) mass is 487 g/mol. The van der Waals surface area contributed by atoms with Crippen LogP contribution in [-0.2, 0) is 6.54 Å². The van der Waals surface area contributed by atoms with Crippen LogP contribution in [0.1, 0.15) is 6.42 Å². The molecule has 1 saturated heterocycles. The van der Waals surface area contributed by atoms with E-state index in [2.05, 4.69) is 28.9 Å². The van der Waals surface area contributed by atoms with Gasteiger partial charge in [0.25, 0.3) is 5.56 Å². The SMILES string of the molecule is COc1cc(OC)cc(-c2cc3cnc(SC)nc3n(CCCN3CCN(P)CC3)c2=O)c1. The Morgan fingerprint density at radius 2 is 1.73 bits per heavy atom. The van der Waals surface area contributed by atoms with Gasteiger partial charge in [-0.05, 0) is 43.0 Å². The van der Waals surface area contributed by atoms with Crippen molar-refractivity contribution in [1.82, 2.24) is 24.1 Å². The molecule has 0 spiro atoms. The first-order chi connectivity index (χ1) is 16.0. The molecule has 2 aromatic heterocycles. The van der Waals surface area contributed by atoms with Crippen molar-refractivity contribution in [2.45, 2.75) is 18.1 Å². The van der Waals surface area contributed by atoms with Gasteiger partial charge >= 0.3 is 0 Å². The van der Waals surface area contributed by atoms with Crippen molar-refractivity contribution < 1.29 is 9.47 Å². The highest BCUT2D eigenvalue weighted by Crippen LogP contribution is 2.29. The van der Waals surface area contributed by atoms with Crippen LogP contribution in [-0.4, -0.2) is 77.3 Å². The third kappa shape index (κ3) is 5.49. The van der Waals surface area contributed by atoms with Crippen molar-refractivity contribution in [3.63, 3.8) is 0 Å². The molecule has 1 fully saturated rings. The summed E-state index contributed by atoms with van der Waals surface area (Å²) < 4.78 is 14.9. The number of methoxy groups -OCH3 is 2. The van der Waals surface area contributed by atoms with Gasteiger partial charge in [0, 0.05) is 55.9 Å². The highest BCUT2D eigenvalue weighted by molar-refractivity contribution is 7.98. The van der Waals surface area contributed by atoms with Gasteiger partial charge in [0.05, 0.1) is 14.2 Å². The van der Waals surface area contributed by atoms with Gasteiger partial charge < -0.3 is 14.4 Å². The van der Waals surface area contributed by atoms with E-state index in [1.165, 1.54) is 11.8 Å². The maximum absolute atomic E-state index is 13.7. The summed E-state index contributed by atoms with van der Waals surface area (Å²) in [6, 6.07) is 7.37. The summed E-state index contributed by atoms with van der Waals surface area (Å²) >= 11 is 1.47. The minimum atomic E-state index is -0.0710. The second-order valence-corrected chi connectivity index (χ2v) is 9.49. The van der Waals surface area contributed by atoms with Crippen LogP contribution in [0.2, 0.25) is 0 Å². The number of benzene rings is 1. The summed E-state index contributed by atoms with van der Waals surface area (Å²) in [5.74, 6) is 1.27. The number of hydrogen-bond acceptors (Lipinski definition) is 8. The van der Waals surface area contributed by atoms with Crippen LogP contribution in [0.4, 0.5) is 0 Å². The van der Waals surface area contributed by atoms with Gasteiger partial charge in [0.2, 0.25) is 0 Å². The molecule has 3 heterocycles. The number of piperazine rings is 1. The summed E-state index contributed by atoms with van der Waals surface area (Å²) in [7, 11) is 5.98. The molecule has 1 unspecified atom stereocenters. The number of aryl methyl sites for hydroxylation is 1. The molecule has 0 N–H and O–H groups in total. The number of thioether (sulfide) groups is 1. The van der Waals surface area contributed by atoms with E-state index < -0.39 is 0 Å². The first-order valence-electron chi connectivity index (χ1n) is 10.9. The van der Waals surface area contributed by atoms with Gasteiger partial charge in [-0.15, -0.1) is 0 Å². The fourth-order valence-corrected chi connectivity index (χ4v) is 4.63. The lowest BCUT2D eigenvalue weighted by Gasteiger charge is -2.32. The van der Waals surface area contributed by atoms with Crippen LogP contribution in [0.15, 0.2) is 40.4 Å². The molecular weight excluding hydrogens is 457 g/mol. The predicted octanol–water partition coefficient (Wildman–Crippen LogP) is 3.00. The van der Waals surface area contributed by atoms with Crippen molar-refractivity contribution in [1.29, 1.82) is 0 Å². The van der Waals surface area contributed by atoms with E-state index in [-0.39, 0.29) is 5.56 Å². The Hall–Kier alpha value is -2.19. The Morgan fingerprint density at radius 1 is 1.03 bits per heavy atom. The maximum Gasteiger partial charge on any atom is 0.260 e. The number of nitrogens with zero attached hydrogens (tertiary/aromatic N) is 5. The average Bonchev–Trinajstić information content (AvgIpc) is 2.85. The lowest BCUT2D eigenvalue weighted by Crippen LogP contribution is -2.42. The molecule has 1 aliphatic heterocycles. The zero-order valence-electron chi connectivity index (χ0n) is 19.3. The van der Waals surface area contributed by atoms with Crippen LogP contribution < -0.4 is 15.0 Å². The van der Waals surface area contributed by atoms with E-state index in [9.17, 15) is 4.79 Å². The van der Waals surface area contributed by atoms with Crippen molar-refractivity contribution in [3.8, 4) is 22.6 Å². The zero-order chi connectivity index (χ0) is 23.4. The topological polar surface area (TPSA) is 72.7 Å². The van der Waals surface area contributed by atoms with Gasteiger partial charge in [0.15, 0.2) is 5.16 Å². The normalized spacial score (nSPS) is 15.2. The van der Waals surface area contributed by atoms with Crippen molar-refractivity contribution in [2.75, 3.05) is 53.2 Å². The molecule has 8 nitrogen and oxygen atoms in total. The third-order valence-corrected chi connectivity index (χ3v) is 6.99. The molecule has 10 heteroatoms. The second-order valence-electron chi connectivity index (χ2n) is 7.98. The molecule has 3 aromatic rings. The smallest absolute Gasteiger partial charge is 0.260 e. The van der Waals surface area contributed by atoms with E-state index in [1.807, 2.05) is 24.5 Å². The molecule has 0 saturated carbocycles. The molecule has 33 heavy (non-hydrogen) atoms. The Balaban J connectivity index is 1.72. The fourth-order valence-electron chi connectivity index (χ4n) is 4.06. The second kappa shape index (κ2) is 10.8. The Morgan fingerprint density at radius 3 is 2.36 bits per heavy atom. The van der Waals surface area contributed by atoms with Crippen LogP contribution in [0.25, 0.3) is 22.2 Å². The average molecular weight is 488 g/mol. The number of aromatic nitrogens is 3. The van der Waals surface area contributed by atoms with Crippen LogP contribution in [0.5, 0.6) is 11.5 Å². The lowest BCUT2D eigenvalue weighted by molar-refractivity contribution is 0.191. The molecule has 1 aromatic carbocycles. The van der Waals surface area contributed by atoms with Crippen molar-refractivity contribution >= 4 is 32.2 Å². The molecule has 176 valence electrons. The predicted molar refractivity (Wildman–Crippen MR) is 136 cm³/mol. The molecule has 1 atom stereocenters. The number of fused-ring (bicyclic) bond motifs is 1. The maximum atomic E-state index is 13.7. The number of hydrogen-bond donors (Lipinski definition) is 0. The third-order valence-electron chi connectivity index (χ3n) is 5.91.